The Labute approximate surface area is 168 Å². The quantitative estimate of drug-likeness (QED) is 0.553. The minimum absolute atomic E-state index is 0.0347. The summed E-state index contributed by atoms with van der Waals surface area (Å²) < 4.78 is 6.90. The molecule has 2 amide bonds. The highest BCUT2D eigenvalue weighted by molar-refractivity contribution is 5.99. The van der Waals surface area contributed by atoms with Gasteiger partial charge in [0.1, 0.15) is 11.5 Å². The van der Waals surface area contributed by atoms with E-state index in [2.05, 4.69) is 15.7 Å². The Kier molecular flexibility index (Phi) is 6.78. The number of esters is 1. The molecule has 3 rings (SSSR count). The molecule has 29 heavy (non-hydrogen) atoms. The summed E-state index contributed by atoms with van der Waals surface area (Å²) in [7, 11) is 0. The van der Waals surface area contributed by atoms with Crippen molar-refractivity contribution < 1.29 is 19.1 Å². The second kappa shape index (κ2) is 9.68. The fourth-order valence-corrected chi connectivity index (χ4v) is 3.29. The molecule has 1 aliphatic carbocycles. The minimum atomic E-state index is -0.788. The van der Waals surface area contributed by atoms with Gasteiger partial charge in [-0.05, 0) is 24.5 Å². The third-order valence-electron chi connectivity index (χ3n) is 4.58. The van der Waals surface area contributed by atoms with Crippen molar-refractivity contribution in [1.82, 2.24) is 15.1 Å². The summed E-state index contributed by atoms with van der Waals surface area (Å²) in [6.45, 7) is 0.823. The van der Waals surface area contributed by atoms with E-state index in [9.17, 15) is 14.4 Å². The number of anilines is 1. The summed E-state index contributed by atoms with van der Waals surface area (Å²) in [6, 6.07) is 11.0. The van der Waals surface area contributed by atoms with Crippen molar-refractivity contribution in [2.45, 2.75) is 38.6 Å². The van der Waals surface area contributed by atoms with Crippen molar-refractivity contribution in [2.24, 2.45) is 0 Å². The molecule has 8 nitrogen and oxygen atoms in total. The Hall–Kier alpha value is -3.42. The molecule has 0 atom stereocenters. The predicted molar refractivity (Wildman–Crippen MR) is 108 cm³/mol. The molecule has 2 N–H and O–H groups in total. The van der Waals surface area contributed by atoms with Crippen molar-refractivity contribution in [2.75, 3.05) is 11.9 Å². The van der Waals surface area contributed by atoms with Gasteiger partial charge in [-0.3, -0.25) is 9.59 Å². The van der Waals surface area contributed by atoms with Gasteiger partial charge in [-0.15, -0.1) is 0 Å². The van der Waals surface area contributed by atoms with Gasteiger partial charge in [-0.2, -0.15) is 5.10 Å². The van der Waals surface area contributed by atoms with Gasteiger partial charge in [0.15, 0.2) is 6.61 Å². The number of carbonyl (C=O) groups is 3. The Morgan fingerprint density at radius 2 is 1.90 bits per heavy atom. The summed E-state index contributed by atoms with van der Waals surface area (Å²) in [5.41, 5.74) is 0.686. The fraction of sp³-hybridized carbons (Fsp3) is 0.333. The molecular formula is C21H24N4O4. The lowest BCUT2D eigenvalue weighted by Crippen LogP contribution is -2.29. The zero-order chi connectivity index (χ0) is 20.6. The smallest absolute Gasteiger partial charge is 0.355 e. The second-order valence-electron chi connectivity index (χ2n) is 6.87. The molecule has 0 unspecified atom stereocenters. The first kappa shape index (κ1) is 20.3. The molecule has 0 radical (unpaired) electrons. The normalized spacial score (nSPS) is 14.4. The topological polar surface area (TPSA) is 102 Å². The van der Waals surface area contributed by atoms with E-state index < -0.39 is 24.4 Å². The van der Waals surface area contributed by atoms with Crippen molar-refractivity contribution in [3.05, 3.63) is 53.9 Å². The van der Waals surface area contributed by atoms with Gasteiger partial charge in [0.05, 0.1) is 12.2 Å². The van der Waals surface area contributed by atoms with Gasteiger partial charge < -0.3 is 15.4 Å². The number of amides is 2. The standard InChI is InChI=1S/C21H24N4O4/c1-15(26)23-18(13-16-7-3-2-4-8-16)21(28)29-14-20(27)24-19-11-12-22-25(19)17-9-5-6-10-17/h2-4,7-8,11-13,17H,5-6,9-10,14H2,1H3,(H,23,26)(H,24,27)/b18-13-. The molecule has 1 aliphatic rings. The molecule has 152 valence electrons. The van der Waals surface area contributed by atoms with Gasteiger partial charge in [0, 0.05) is 13.0 Å². The lowest BCUT2D eigenvalue weighted by atomic mass is 10.2. The largest absolute Gasteiger partial charge is 0.451 e. The van der Waals surface area contributed by atoms with Gasteiger partial charge in [-0.1, -0.05) is 43.2 Å². The van der Waals surface area contributed by atoms with Crippen LogP contribution in [0.3, 0.4) is 0 Å². The zero-order valence-electron chi connectivity index (χ0n) is 16.3. The maximum absolute atomic E-state index is 12.4. The Morgan fingerprint density at radius 1 is 1.17 bits per heavy atom. The molecule has 0 saturated heterocycles. The first-order chi connectivity index (χ1) is 14.0. The van der Waals surface area contributed by atoms with Crippen LogP contribution in [-0.4, -0.2) is 34.2 Å². The molecule has 1 saturated carbocycles. The lowest BCUT2D eigenvalue weighted by Gasteiger charge is -2.15. The molecular weight excluding hydrogens is 372 g/mol. The van der Waals surface area contributed by atoms with Crippen molar-refractivity contribution >= 4 is 29.7 Å². The van der Waals surface area contributed by atoms with Crippen molar-refractivity contribution in [1.29, 1.82) is 0 Å². The van der Waals surface area contributed by atoms with Crippen LogP contribution < -0.4 is 10.6 Å². The van der Waals surface area contributed by atoms with E-state index in [0.29, 0.717) is 5.82 Å². The van der Waals surface area contributed by atoms with Crippen LogP contribution in [0.5, 0.6) is 0 Å². The van der Waals surface area contributed by atoms with Gasteiger partial charge in [-0.25, -0.2) is 9.48 Å². The summed E-state index contributed by atoms with van der Waals surface area (Å²) in [4.78, 5) is 36.0. The highest BCUT2D eigenvalue weighted by atomic mass is 16.5. The van der Waals surface area contributed by atoms with Crippen LogP contribution in [0, 0.1) is 0 Å². The number of hydrogen-bond donors (Lipinski definition) is 2. The number of nitrogens with one attached hydrogen (secondary N) is 2. The van der Waals surface area contributed by atoms with Gasteiger partial charge >= 0.3 is 5.97 Å². The van der Waals surface area contributed by atoms with Crippen LogP contribution in [0.1, 0.15) is 44.2 Å². The minimum Gasteiger partial charge on any atom is -0.451 e. The number of rotatable bonds is 7. The molecule has 0 spiro atoms. The number of ether oxygens (including phenoxy) is 1. The second-order valence-corrected chi connectivity index (χ2v) is 6.87. The van der Waals surface area contributed by atoms with Gasteiger partial charge in [0.25, 0.3) is 5.91 Å². The van der Waals surface area contributed by atoms with Crippen LogP contribution in [0.2, 0.25) is 0 Å². The lowest BCUT2D eigenvalue weighted by molar-refractivity contribution is -0.144. The fourth-order valence-electron chi connectivity index (χ4n) is 3.29. The first-order valence-corrected chi connectivity index (χ1v) is 9.58. The van der Waals surface area contributed by atoms with E-state index in [4.69, 9.17) is 4.74 Å². The zero-order valence-corrected chi connectivity index (χ0v) is 16.3. The molecule has 2 aromatic rings. The Balaban J connectivity index is 1.59. The molecule has 1 heterocycles. The molecule has 0 aliphatic heterocycles. The van der Waals surface area contributed by atoms with Crippen molar-refractivity contribution in [3.8, 4) is 0 Å². The van der Waals surface area contributed by atoms with E-state index >= 15 is 0 Å². The number of hydrogen-bond acceptors (Lipinski definition) is 5. The Bertz CT molecular complexity index is 898. The van der Waals surface area contributed by atoms with Crippen LogP contribution in [0.25, 0.3) is 6.08 Å². The summed E-state index contributed by atoms with van der Waals surface area (Å²) in [5, 5.41) is 9.47. The summed E-state index contributed by atoms with van der Waals surface area (Å²) in [5.74, 6) is -1.09. The van der Waals surface area contributed by atoms with Crippen molar-refractivity contribution in [3.63, 3.8) is 0 Å². The van der Waals surface area contributed by atoms with E-state index in [1.807, 2.05) is 22.9 Å². The average Bonchev–Trinajstić information content (AvgIpc) is 3.37. The van der Waals surface area contributed by atoms with E-state index in [1.54, 1.807) is 24.4 Å². The SMILES string of the molecule is CC(=O)N/C(=C\c1ccccc1)C(=O)OCC(=O)Nc1ccnn1C1CCCC1. The molecule has 8 heteroatoms. The highest BCUT2D eigenvalue weighted by Crippen LogP contribution is 2.31. The van der Waals surface area contributed by atoms with E-state index in [-0.39, 0.29) is 11.7 Å². The van der Waals surface area contributed by atoms with Crippen LogP contribution >= 0.6 is 0 Å². The summed E-state index contributed by atoms with van der Waals surface area (Å²) >= 11 is 0. The molecule has 1 fully saturated rings. The molecule has 1 aromatic heterocycles. The number of nitrogens with zero attached hydrogens (tertiary/aromatic N) is 2. The third kappa shape index (κ3) is 5.78. The first-order valence-electron chi connectivity index (χ1n) is 9.58. The van der Waals surface area contributed by atoms with Gasteiger partial charge in [0.2, 0.25) is 5.91 Å². The predicted octanol–water partition coefficient (Wildman–Crippen LogP) is 2.66. The number of aromatic nitrogens is 2. The maximum atomic E-state index is 12.4. The average molecular weight is 396 g/mol. The van der Waals surface area contributed by atoms with E-state index in [0.717, 1.165) is 31.2 Å². The monoisotopic (exact) mass is 396 g/mol. The highest BCUT2D eigenvalue weighted by Gasteiger charge is 2.21. The van der Waals surface area contributed by atoms with E-state index in [1.165, 1.54) is 13.0 Å². The van der Waals surface area contributed by atoms with Crippen LogP contribution in [-0.2, 0) is 19.1 Å². The maximum Gasteiger partial charge on any atom is 0.355 e. The Morgan fingerprint density at radius 3 is 2.59 bits per heavy atom. The number of benzene rings is 1. The summed E-state index contributed by atoms with van der Waals surface area (Å²) in [6.07, 6.45) is 7.49. The van der Waals surface area contributed by atoms with Crippen LogP contribution in [0.4, 0.5) is 5.82 Å². The van der Waals surface area contributed by atoms with Crippen LogP contribution in [0.15, 0.2) is 48.3 Å². The molecule has 0 bridgehead atoms. The number of carbonyl (C=O) groups excluding carboxylic acids is 3. The molecule has 1 aromatic carbocycles. The third-order valence-corrected chi connectivity index (χ3v) is 4.58.